The van der Waals surface area contributed by atoms with E-state index in [-0.39, 0.29) is 5.41 Å². The van der Waals surface area contributed by atoms with Gasteiger partial charge in [-0.2, -0.15) is 5.10 Å². The van der Waals surface area contributed by atoms with Crippen molar-refractivity contribution in [1.29, 1.82) is 0 Å². The van der Waals surface area contributed by atoms with Crippen LogP contribution in [0.4, 0.5) is 0 Å². The molecule has 4 rings (SSSR count). The lowest BCUT2D eigenvalue weighted by Crippen LogP contribution is -2.56. The van der Waals surface area contributed by atoms with Gasteiger partial charge in [-0.3, -0.25) is 0 Å². The van der Waals surface area contributed by atoms with Gasteiger partial charge in [-0.25, -0.2) is 0 Å². The molecule has 3 heteroatoms. The minimum Gasteiger partial charge on any atom is -0.390 e. The number of nitrogens with zero attached hydrogens (tertiary/aromatic N) is 1. The summed E-state index contributed by atoms with van der Waals surface area (Å²) in [5, 5.41) is 15.1. The van der Waals surface area contributed by atoms with Crippen molar-refractivity contribution in [2.24, 2.45) is 51.4 Å². The van der Waals surface area contributed by atoms with E-state index in [1.807, 2.05) is 0 Å². The predicted octanol–water partition coefficient (Wildman–Crippen LogP) is 4.34. The molecule has 0 aromatic rings. The zero-order chi connectivity index (χ0) is 17.3. The van der Waals surface area contributed by atoms with E-state index in [9.17, 15) is 5.11 Å². The van der Waals surface area contributed by atoms with Crippen LogP contribution in [0.25, 0.3) is 0 Å². The Kier molecular flexibility index (Phi) is 3.67. The van der Waals surface area contributed by atoms with Crippen LogP contribution in [-0.2, 0) is 0 Å². The molecule has 0 aliphatic heterocycles. The van der Waals surface area contributed by atoms with Crippen LogP contribution in [0.5, 0.6) is 0 Å². The first-order chi connectivity index (χ1) is 11.2. The standard InChI is InChI=1S/C21H36N2O/c1-13-12-19(2)14(11-18(13)23-22)5-6-15-16(19)7-9-20(3)17(15)8-10-21(20,4)24/h13-17,24H,5-12,22H2,1-4H3/b23-18+/t13-,14?,15?,16?,17?,19+,20+,21+/m1/s1. The van der Waals surface area contributed by atoms with Crippen molar-refractivity contribution < 1.29 is 5.11 Å². The van der Waals surface area contributed by atoms with Crippen molar-refractivity contribution in [3.63, 3.8) is 0 Å². The van der Waals surface area contributed by atoms with Gasteiger partial charge in [-0.05, 0) is 98.7 Å². The zero-order valence-corrected chi connectivity index (χ0v) is 16.0. The van der Waals surface area contributed by atoms with E-state index in [2.05, 4.69) is 32.8 Å². The molecule has 4 aliphatic carbocycles. The van der Waals surface area contributed by atoms with Crippen LogP contribution in [0.15, 0.2) is 5.10 Å². The summed E-state index contributed by atoms with van der Waals surface area (Å²) < 4.78 is 0. The monoisotopic (exact) mass is 332 g/mol. The normalized spacial score (nSPS) is 58.9. The molecule has 0 aromatic carbocycles. The summed E-state index contributed by atoms with van der Waals surface area (Å²) in [4.78, 5) is 0. The van der Waals surface area contributed by atoms with E-state index in [1.54, 1.807) is 0 Å². The molecule has 4 fully saturated rings. The smallest absolute Gasteiger partial charge is 0.0675 e. The third-order valence-corrected chi connectivity index (χ3v) is 9.56. The van der Waals surface area contributed by atoms with E-state index >= 15 is 0 Å². The fraction of sp³-hybridized carbons (Fsp3) is 0.952. The number of hydrogen-bond donors (Lipinski definition) is 2. The SMILES string of the molecule is C[C@@H]1C[C@@]2(C)C(CCC3C2CC[C@@]2(C)C3CC[C@]2(C)O)C/C1=N\N. The lowest BCUT2D eigenvalue weighted by atomic mass is 9.44. The van der Waals surface area contributed by atoms with Gasteiger partial charge in [0.05, 0.1) is 5.60 Å². The molecule has 4 unspecified atom stereocenters. The van der Waals surface area contributed by atoms with Crippen LogP contribution in [0.3, 0.4) is 0 Å². The lowest BCUT2D eigenvalue weighted by Gasteiger charge is -2.61. The van der Waals surface area contributed by atoms with Crippen molar-refractivity contribution in [1.82, 2.24) is 0 Å². The first-order valence-electron chi connectivity index (χ1n) is 10.2. The molecule has 3 nitrogen and oxygen atoms in total. The van der Waals surface area contributed by atoms with Crippen molar-refractivity contribution >= 4 is 5.71 Å². The molecule has 0 amide bonds. The van der Waals surface area contributed by atoms with Gasteiger partial charge < -0.3 is 10.9 Å². The van der Waals surface area contributed by atoms with Gasteiger partial charge >= 0.3 is 0 Å². The summed E-state index contributed by atoms with van der Waals surface area (Å²) in [6, 6.07) is 0. The Labute approximate surface area is 147 Å². The van der Waals surface area contributed by atoms with Crippen molar-refractivity contribution in [2.45, 2.75) is 84.7 Å². The van der Waals surface area contributed by atoms with Crippen molar-refractivity contribution in [3.05, 3.63) is 0 Å². The number of nitrogens with two attached hydrogens (primary N) is 1. The molecule has 24 heavy (non-hydrogen) atoms. The van der Waals surface area contributed by atoms with E-state index in [0.717, 1.165) is 36.5 Å². The molecular weight excluding hydrogens is 296 g/mol. The molecule has 4 saturated carbocycles. The molecule has 3 N–H and O–H groups in total. The van der Waals surface area contributed by atoms with Gasteiger partial charge in [0.25, 0.3) is 0 Å². The number of aliphatic hydroxyl groups is 1. The Morgan fingerprint density at radius 3 is 2.46 bits per heavy atom. The number of fused-ring (bicyclic) bond motifs is 5. The van der Waals surface area contributed by atoms with E-state index in [1.165, 1.54) is 44.2 Å². The first kappa shape index (κ1) is 16.9. The maximum absolute atomic E-state index is 11.0. The van der Waals surface area contributed by atoms with Crippen LogP contribution in [0.1, 0.15) is 79.1 Å². The summed E-state index contributed by atoms with van der Waals surface area (Å²) >= 11 is 0. The summed E-state index contributed by atoms with van der Waals surface area (Å²) in [6.07, 6.45) is 9.81. The van der Waals surface area contributed by atoms with Crippen LogP contribution in [0, 0.1) is 40.4 Å². The molecule has 0 aromatic heterocycles. The van der Waals surface area contributed by atoms with Crippen LogP contribution < -0.4 is 5.84 Å². The van der Waals surface area contributed by atoms with Gasteiger partial charge in [-0.1, -0.05) is 20.8 Å². The molecule has 8 atom stereocenters. The van der Waals surface area contributed by atoms with Gasteiger partial charge in [0.1, 0.15) is 0 Å². The Hall–Kier alpha value is -0.570. The highest BCUT2D eigenvalue weighted by Gasteiger charge is 2.63. The Balaban J connectivity index is 1.64. The third-order valence-electron chi connectivity index (χ3n) is 9.56. The fourth-order valence-corrected chi connectivity index (χ4v) is 7.84. The maximum atomic E-state index is 11.0. The molecule has 0 saturated heterocycles. The second kappa shape index (κ2) is 5.22. The molecule has 0 bridgehead atoms. The fourth-order valence-electron chi connectivity index (χ4n) is 7.84. The van der Waals surface area contributed by atoms with Crippen LogP contribution in [-0.4, -0.2) is 16.4 Å². The Bertz CT molecular complexity index is 556. The quantitative estimate of drug-likeness (QED) is 0.512. The first-order valence-corrected chi connectivity index (χ1v) is 10.2. The number of rotatable bonds is 0. The maximum Gasteiger partial charge on any atom is 0.0675 e. The highest BCUT2D eigenvalue weighted by atomic mass is 16.3. The van der Waals surface area contributed by atoms with Crippen molar-refractivity contribution in [3.8, 4) is 0 Å². The number of hydrazone groups is 1. The molecule has 4 aliphatic rings. The average Bonchev–Trinajstić information content (AvgIpc) is 2.76. The van der Waals surface area contributed by atoms with E-state index in [0.29, 0.717) is 11.3 Å². The van der Waals surface area contributed by atoms with Gasteiger partial charge in [0.15, 0.2) is 0 Å². The highest BCUT2D eigenvalue weighted by molar-refractivity contribution is 5.87. The second-order valence-corrected chi connectivity index (χ2v) is 10.4. The predicted molar refractivity (Wildman–Crippen MR) is 98.5 cm³/mol. The van der Waals surface area contributed by atoms with Gasteiger partial charge in [-0.15, -0.1) is 0 Å². The van der Waals surface area contributed by atoms with Gasteiger partial charge in [0, 0.05) is 5.71 Å². The Morgan fingerprint density at radius 1 is 1.04 bits per heavy atom. The highest BCUT2D eigenvalue weighted by Crippen LogP contribution is 2.68. The van der Waals surface area contributed by atoms with Crippen LogP contribution >= 0.6 is 0 Å². The molecular formula is C21H36N2O. The summed E-state index contributed by atoms with van der Waals surface area (Å²) in [5.74, 6) is 9.36. The lowest BCUT2D eigenvalue weighted by molar-refractivity contribution is -0.142. The molecule has 0 radical (unpaired) electrons. The molecule has 136 valence electrons. The van der Waals surface area contributed by atoms with E-state index in [4.69, 9.17) is 5.84 Å². The minimum atomic E-state index is -0.459. The van der Waals surface area contributed by atoms with Crippen LogP contribution in [0.2, 0.25) is 0 Å². The Morgan fingerprint density at radius 2 is 1.75 bits per heavy atom. The summed E-state index contributed by atoms with van der Waals surface area (Å²) in [5.41, 5.74) is 1.38. The minimum absolute atomic E-state index is 0.140. The van der Waals surface area contributed by atoms with Crippen molar-refractivity contribution in [2.75, 3.05) is 0 Å². The molecule has 0 heterocycles. The summed E-state index contributed by atoms with van der Waals surface area (Å²) in [7, 11) is 0. The average molecular weight is 333 g/mol. The second-order valence-electron chi connectivity index (χ2n) is 10.4. The van der Waals surface area contributed by atoms with E-state index < -0.39 is 5.60 Å². The zero-order valence-electron chi connectivity index (χ0n) is 16.0. The number of hydrogen-bond acceptors (Lipinski definition) is 3. The largest absolute Gasteiger partial charge is 0.390 e. The molecule has 0 spiro atoms. The third kappa shape index (κ3) is 2.03. The topological polar surface area (TPSA) is 58.6 Å². The summed E-state index contributed by atoms with van der Waals surface area (Å²) in [6.45, 7) is 9.39. The van der Waals surface area contributed by atoms with Gasteiger partial charge in [0.2, 0.25) is 0 Å².